The molecule has 0 bridgehead atoms. The van der Waals surface area contributed by atoms with Gasteiger partial charge < -0.3 is 4.74 Å². The summed E-state index contributed by atoms with van der Waals surface area (Å²) in [4.78, 5) is 37.0. The number of rotatable bonds is 4. The van der Waals surface area contributed by atoms with Crippen molar-refractivity contribution in [3.8, 4) is 6.07 Å². The van der Waals surface area contributed by atoms with Crippen LogP contribution in [0.15, 0.2) is 30.9 Å². The molecule has 0 saturated carbocycles. The molecule has 1 heterocycles. The molecule has 0 spiro atoms. The van der Waals surface area contributed by atoms with Crippen molar-refractivity contribution in [3.63, 3.8) is 0 Å². The van der Waals surface area contributed by atoms with Crippen LogP contribution in [-0.2, 0) is 4.74 Å². The molecule has 0 radical (unpaired) electrons. The Balaban J connectivity index is 2.32. The number of ether oxygens (including phenoxy) is 1. The number of benzene rings is 1. The summed E-state index contributed by atoms with van der Waals surface area (Å²) in [6.07, 6.45) is 0.561. The van der Waals surface area contributed by atoms with Gasteiger partial charge >= 0.3 is 5.97 Å². The fraction of sp³-hybridized carbons (Fsp3) is 0.200. The largest absolute Gasteiger partial charge is 0.444 e. The molecule has 2 rings (SSSR count). The van der Waals surface area contributed by atoms with Gasteiger partial charge in [0, 0.05) is 6.54 Å². The average molecular weight is 284 g/mol. The third-order valence-electron chi connectivity index (χ3n) is 2.98. The van der Waals surface area contributed by atoms with Crippen molar-refractivity contribution in [1.29, 1.82) is 5.26 Å². The first-order valence-electron chi connectivity index (χ1n) is 6.21. The van der Waals surface area contributed by atoms with Crippen LogP contribution in [0.25, 0.3) is 0 Å². The highest BCUT2D eigenvalue weighted by molar-refractivity contribution is 6.22. The summed E-state index contributed by atoms with van der Waals surface area (Å²) in [5.74, 6) is -1.60. The highest BCUT2D eigenvalue weighted by Crippen LogP contribution is 2.24. The van der Waals surface area contributed by atoms with Crippen LogP contribution in [0.3, 0.4) is 0 Å². The molecule has 6 nitrogen and oxygen atoms in total. The van der Waals surface area contributed by atoms with Crippen molar-refractivity contribution in [3.05, 3.63) is 47.5 Å². The van der Waals surface area contributed by atoms with E-state index in [0.29, 0.717) is 0 Å². The molecule has 1 aromatic rings. The number of esters is 1. The lowest BCUT2D eigenvalue weighted by Gasteiger charge is -2.09. The van der Waals surface area contributed by atoms with Gasteiger partial charge in [0.1, 0.15) is 6.07 Å². The maximum atomic E-state index is 12.1. The van der Waals surface area contributed by atoms with E-state index in [-0.39, 0.29) is 23.2 Å². The smallest absolute Gasteiger partial charge is 0.339 e. The van der Waals surface area contributed by atoms with Crippen LogP contribution in [0.4, 0.5) is 0 Å². The molecule has 21 heavy (non-hydrogen) atoms. The van der Waals surface area contributed by atoms with Crippen molar-refractivity contribution < 1.29 is 19.1 Å². The van der Waals surface area contributed by atoms with Crippen LogP contribution in [0.2, 0.25) is 0 Å². The third-order valence-corrected chi connectivity index (χ3v) is 2.98. The number of carbonyl (C=O) groups is 3. The van der Waals surface area contributed by atoms with Gasteiger partial charge in [0.25, 0.3) is 11.8 Å². The van der Waals surface area contributed by atoms with Gasteiger partial charge in [-0.1, -0.05) is 6.08 Å². The number of hydrogen-bond acceptors (Lipinski definition) is 5. The SMILES string of the molecule is C=CCN1C(=O)c2ccc(C(=O)O[C@H](C)C#N)cc2C1=O. The molecular weight excluding hydrogens is 272 g/mol. The minimum atomic E-state index is -0.889. The van der Waals surface area contributed by atoms with Crippen LogP contribution in [0.1, 0.15) is 38.0 Å². The standard InChI is InChI=1S/C15H12N2O4/c1-3-6-17-13(18)11-5-4-10(7-12(11)14(17)19)15(20)21-9(2)8-16/h3-5,7,9H,1,6H2,2H3/t9-/m1/s1. The zero-order valence-corrected chi connectivity index (χ0v) is 11.3. The molecule has 6 heteroatoms. The number of carbonyl (C=O) groups excluding carboxylic acids is 3. The minimum absolute atomic E-state index is 0.109. The predicted octanol–water partition coefficient (Wildman–Crippen LogP) is 1.54. The molecule has 0 fully saturated rings. The van der Waals surface area contributed by atoms with E-state index in [1.54, 1.807) is 6.07 Å². The lowest BCUT2D eigenvalue weighted by Crippen LogP contribution is -2.29. The second-order valence-electron chi connectivity index (χ2n) is 4.45. The highest BCUT2D eigenvalue weighted by Gasteiger charge is 2.35. The molecule has 106 valence electrons. The number of fused-ring (bicyclic) bond motifs is 1. The Hall–Kier alpha value is -2.94. The van der Waals surface area contributed by atoms with Gasteiger partial charge in [0.2, 0.25) is 0 Å². The summed E-state index contributed by atoms with van der Waals surface area (Å²) in [5.41, 5.74) is 0.519. The second-order valence-corrected chi connectivity index (χ2v) is 4.45. The van der Waals surface area contributed by atoms with Crippen LogP contribution < -0.4 is 0 Å². The van der Waals surface area contributed by atoms with E-state index in [1.165, 1.54) is 31.2 Å². The van der Waals surface area contributed by atoms with Gasteiger partial charge in [0.05, 0.1) is 16.7 Å². The van der Waals surface area contributed by atoms with Crippen molar-refractivity contribution in [1.82, 2.24) is 4.90 Å². The zero-order chi connectivity index (χ0) is 15.6. The summed E-state index contributed by atoms with van der Waals surface area (Å²) in [6, 6.07) is 5.89. The lowest BCUT2D eigenvalue weighted by molar-refractivity contribution is 0.0435. The van der Waals surface area contributed by atoms with E-state index in [1.807, 2.05) is 0 Å². The van der Waals surface area contributed by atoms with E-state index in [2.05, 4.69) is 6.58 Å². The van der Waals surface area contributed by atoms with Crippen molar-refractivity contribution in [2.75, 3.05) is 6.54 Å². The molecule has 0 unspecified atom stereocenters. The third kappa shape index (κ3) is 2.54. The normalized spacial score (nSPS) is 14.4. The Bertz CT molecular complexity index is 687. The average Bonchev–Trinajstić information content (AvgIpc) is 2.72. The van der Waals surface area contributed by atoms with E-state index >= 15 is 0 Å². The monoisotopic (exact) mass is 284 g/mol. The van der Waals surface area contributed by atoms with Crippen molar-refractivity contribution >= 4 is 17.8 Å². The van der Waals surface area contributed by atoms with E-state index < -0.39 is 23.9 Å². The summed E-state index contributed by atoms with van der Waals surface area (Å²) < 4.78 is 4.86. The Labute approximate surface area is 121 Å². The number of nitrogens with zero attached hydrogens (tertiary/aromatic N) is 2. The molecule has 1 aromatic carbocycles. The van der Waals surface area contributed by atoms with Crippen LogP contribution in [0.5, 0.6) is 0 Å². The predicted molar refractivity (Wildman–Crippen MR) is 72.5 cm³/mol. The van der Waals surface area contributed by atoms with E-state index in [4.69, 9.17) is 10.00 Å². The Morgan fingerprint density at radius 3 is 2.71 bits per heavy atom. The molecule has 1 aliphatic heterocycles. The highest BCUT2D eigenvalue weighted by atomic mass is 16.5. The molecule has 0 saturated heterocycles. The van der Waals surface area contributed by atoms with Crippen molar-refractivity contribution in [2.45, 2.75) is 13.0 Å². The quantitative estimate of drug-likeness (QED) is 0.475. The second kappa shape index (κ2) is 5.59. The summed E-state index contributed by atoms with van der Waals surface area (Å²) in [5, 5.41) is 8.61. The summed E-state index contributed by atoms with van der Waals surface area (Å²) >= 11 is 0. The van der Waals surface area contributed by atoms with Gasteiger partial charge in [-0.2, -0.15) is 5.26 Å². The van der Waals surface area contributed by atoms with E-state index in [9.17, 15) is 14.4 Å². The van der Waals surface area contributed by atoms with Crippen LogP contribution in [-0.4, -0.2) is 35.3 Å². The Morgan fingerprint density at radius 1 is 1.43 bits per heavy atom. The fourth-order valence-electron chi connectivity index (χ4n) is 1.97. The number of amides is 2. The number of hydrogen-bond donors (Lipinski definition) is 0. The van der Waals surface area contributed by atoms with Gasteiger partial charge in [-0.15, -0.1) is 6.58 Å². The first-order chi connectivity index (χ1) is 9.99. The fourth-order valence-corrected chi connectivity index (χ4v) is 1.97. The summed E-state index contributed by atoms with van der Waals surface area (Å²) in [7, 11) is 0. The van der Waals surface area contributed by atoms with Crippen molar-refractivity contribution in [2.24, 2.45) is 0 Å². The molecule has 0 aliphatic carbocycles. The first-order valence-corrected chi connectivity index (χ1v) is 6.21. The van der Waals surface area contributed by atoms with Crippen LogP contribution >= 0.6 is 0 Å². The number of imide groups is 1. The minimum Gasteiger partial charge on any atom is -0.444 e. The molecule has 1 aliphatic rings. The topological polar surface area (TPSA) is 87.5 Å². The van der Waals surface area contributed by atoms with Gasteiger partial charge in [-0.05, 0) is 25.1 Å². The summed E-state index contributed by atoms with van der Waals surface area (Å²) in [6.45, 7) is 5.04. The maximum absolute atomic E-state index is 12.1. The number of nitriles is 1. The molecule has 0 N–H and O–H groups in total. The molecule has 2 amide bonds. The van der Waals surface area contributed by atoms with E-state index in [0.717, 1.165) is 4.90 Å². The van der Waals surface area contributed by atoms with Gasteiger partial charge in [-0.25, -0.2) is 4.79 Å². The molecular formula is C15H12N2O4. The zero-order valence-electron chi connectivity index (χ0n) is 11.3. The lowest BCUT2D eigenvalue weighted by atomic mass is 10.1. The Morgan fingerprint density at radius 2 is 2.10 bits per heavy atom. The molecule has 1 atom stereocenters. The van der Waals surface area contributed by atoms with Crippen LogP contribution in [0, 0.1) is 11.3 Å². The first kappa shape index (κ1) is 14.5. The maximum Gasteiger partial charge on any atom is 0.339 e. The molecule has 0 aromatic heterocycles. The Kier molecular flexibility index (Phi) is 3.85. The van der Waals surface area contributed by atoms with Gasteiger partial charge in [0.15, 0.2) is 6.10 Å². The van der Waals surface area contributed by atoms with Gasteiger partial charge in [-0.3, -0.25) is 14.5 Å².